The molecule has 0 spiro atoms. The largest absolute Gasteiger partial charge is 0.304 e. The molecule has 0 radical (unpaired) electrons. The Hall–Kier alpha value is -1.01. The predicted octanol–water partition coefficient (Wildman–Crippen LogP) is 1.13. The van der Waals surface area contributed by atoms with Gasteiger partial charge in [0.2, 0.25) is 0 Å². The number of tetrazole rings is 1. The quantitative estimate of drug-likeness (QED) is 0.821. The molecule has 2 heterocycles. The third-order valence-corrected chi connectivity index (χ3v) is 3.79. The Morgan fingerprint density at radius 2 is 1.79 bits per heavy atom. The van der Waals surface area contributed by atoms with E-state index in [-0.39, 0.29) is 5.54 Å². The van der Waals surface area contributed by atoms with Gasteiger partial charge < -0.3 is 4.90 Å². The minimum Gasteiger partial charge on any atom is -0.304 e. The van der Waals surface area contributed by atoms with Gasteiger partial charge in [0, 0.05) is 26.2 Å². The van der Waals surface area contributed by atoms with Crippen LogP contribution >= 0.6 is 0 Å². The third-order valence-electron chi connectivity index (χ3n) is 3.79. The zero-order valence-electron chi connectivity index (χ0n) is 12.8. The lowest BCUT2D eigenvalue weighted by atomic mass is 10.1. The first kappa shape index (κ1) is 14.4. The lowest BCUT2D eigenvalue weighted by molar-refractivity contribution is 0.0992. The van der Waals surface area contributed by atoms with Crippen LogP contribution in [0.25, 0.3) is 0 Å². The first-order valence-electron chi connectivity index (χ1n) is 7.15. The minimum absolute atomic E-state index is 0.0706. The third kappa shape index (κ3) is 3.12. The molecule has 0 N–H and O–H groups in total. The molecule has 0 aromatic carbocycles. The van der Waals surface area contributed by atoms with Gasteiger partial charge >= 0.3 is 0 Å². The average Bonchev–Trinajstić information content (AvgIpc) is 2.81. The number of hydrogen-bond donors (Lipinski definition) is 0. The monoisotopic (exact) mass is 266 g/mol. The maximum atomic E-state index is 4.29. The highest BCUT2D eigenvalue weighted by molar-refractivity contribution is 4.97. The summed E-state index contributed by atoms with van der Waals surface area (Å²) in [5.74, 6) is 1.000. The fourth-order valence-corrected chi connectivity index (χ4v) is 2.62. The maximum Gasteiger partial charge on any atom is 0.168 e. The van der Waals surface area contributed by atoms with E-state index >= 15 is 0 Å². The number of rotatable bonds is 3. The Morgan fingerprint density at radius 3 is 2.32 bits per heavy atom. The Labute approximate surface area is 115 Å². The fraction of sp³-hybridized carbons (Fsp3) is 0.923. The molecule has 6 nitrogen and oxygen atoms in total. The smallest absolute Gasteiger partial charge is 0.168 e. The van der Waals surface area contributed by atoms with Crippen molar-refractivity contribution in [1.82, 2.24) is 30.0 Å². The lowest BCUT2D eigenvalue weighted by Gasteiger charge is -2.37. The minimum atomic E-state index is -0.0706. The molecule has 0 aliphatic carbocycles. The van der Waals surface area contributed by atoms with Crippen LogP contribution in [0, 0.1) is 0 Å². The van der Waals surface area contributed by atoms with Gasteiger partial charge in [-0.3, -0.25) is 4.90 Å². The average molecular weight is 266 g/mol. The van der Waals surface area contributed by atoms with Crippen LogP contribution < -0.4 is 0 Å². The van der Waals surface area contributed by atoms with Gasteiger partial charge in [0.05, 0.1) is 11.6 Å². The van der Waals surface area contributed by atoms with Gasteiger partial charge in [-0.1, -0.05) is 6.92 Å². The van der Waals surface area contributed by atoms with Gasteiger partial charge in [-0.15, -0.1) is 5.10 Å². The van der Waals surface area contributed by atoms with Crippen LogP contribution in [0.4, 0.5) is 0 Å². The zero-order chi connectivity index (χ0) is 14.0. The summed E-state index contributed by atoms with van der Waals surface area (Å²) in [6.45, 7) is 13.1. The van der Waals surface area contributed by atoms with Crippen LogP contribution in [-0.2, 0) is 5.54 Å². The lowest BCUT2D eigenvalue weighted by Crippen LogP contribution is -2.46. The fourth-order valence-electron chi connectivity index (χ4n) is 2.62. The number of aromatic nitrogens is 4. The molecule has 108 valence electrons. The van der Waals surface area contributed by atoms with E-state index in [4.69, 9.17) is 0 Å². The topological polar surface area (TPSA) is 50.1 Å². The molecule has 1 aliphatic rings. The van der Waals surface area contributed by atoms with Crippen LogP contribution in [0.3, 0.4) is 0 Å². The molecule has 19 heavy (non-hydrogen) atoms. The van der Waals surface area contributed by atoms with Crippen LogP contribution in [0.5, 0.6) is 0 Å². The van der Waals surface area contributed by atoms with Crippen molar-refractivity contribution in [3.8, 4) is 0 Å². The summed E-state index contributed by atoms with van der Waals surface area (Å²) >= 11 is 0. The normalized spacial score (nSPS) is 20.7. The van der Waals surface area contributed by atoms with Crippen molar-refractivity contribution in [3.63, 3.8) is 0 Å². The Morgan fingerprint density at radius 1 is 1.16 bits per heavy atom. The molecule has 6 heteroatoms. The molecule has 1 atom stereocenters. The van der Waals surface area contributed by atoms with E-state index in [1.807, 2.05) is 4.68 Å². The van der Waals surface area contributed by atoms with E-state index in [9.17, 15) is 0 Å². The van der Waals surface area contributed by atoms with Gasteiger partial charge in [-0.25, -0.2) is 4.68 Å². The zero-order valence-corrected chi connectivity index (χ0v) is 12.8. The molecule has 0 amide bonds. The van der Waals surface area contributed by atoms with Gasteiger partial charge in [0.25, 0.3) is 0 Å². The molecule has 1 saturated heterocycles. The van der Waals surface area contributed by atoms with Crippen molar-refractivity contribution < 1.29 is 0 Å². The second-order valence-electron chi connectivity index (χ2n) is 6.38. The van der Waals surface area contributed by atoms with Gasteiger partial charge in [-0.05, 0) is 44.7 Å². The van der Waals surface area contributed by atoms with Crippen molar-refractivity contribution in [2.45, 2.75) is 45.7 Å². The standard InChI is InChI=1S/C13H26N6/c1-6-11(18-9-7-17(5)8-10-18)12-14-15-16-19(12)13(2,3)4/h11H,6-10H2,1-5H3/t11-/m0/s1. The van der Waals surface area contributed by atoms with Crippen molar-refractivity contribution >= 4 is 0 Å². The first-order valence-corrected chi connectivity index (χ1v) is 7.15. The summed E-state index contributed by atoms with van der Waals surface area (Å²) in [6.07, 6.45) is 1.04. The van der Waals surface area contributed by atoms with Crippen LogP contribution in [0.15, 0.2) is 0 Å². The molecule has 1 fully saturated rings. The highest BCUT2D eigenvalue weighted by atomic mass is 15.6. The summed E-state index contributed by atoms with van der Waals surface area (Å²) < 4.78 is 1.97. The highest BCUT2D eigenvalue weighted by Gasteiger charge is 2.30. The van der Waals surface area contributed by atoms with Crippen LogP contribution in [0.2, 0.25) is 0 Å². The van der Waals surface area contributed by atoms with E-state index in [1.54, 1.807) is 0 Å². The Balaban J connectivity index is 2.20. The molecular weight excluding hydrogens is 240 g/mol. The first-order chi connectivity index (χ1) is 8.93. The summed E-state index contributed by atoms with van der Waals surface area (Å²) in [6, 6.07) is 0.322. The number of piperazine rings is 1. The SMILES string of the molecule is CC[C@@H](c1nnnn1C(C)(C)C)N1CCN(C)CC1. The Bertz CT molecular complexity index is 400. The molecule has 0 saturated carbocycles. The van der Waals surface area contributed by atoms with Crippen LogP contribution in [0.1, 0.15) is 46.0 Å². The maximum absolute atomic E-state index is 4.29. The van der Waals surface area contributed by atoms with E-state index in [2.05, 4.69) is 60.1 Å². The second kappa shape index (κ2) is 5.54. The van der Waals surface area contributed by atoms with Crippen molar-refractivity contribution in [2.24, 2.45) is 0 Å². The molecule has 1 aliphatic heterocycles. The Kier molecular flexibility index (Phi) is 4.20. The summed E-state index contributed by atoms with van der Waals surface area (Å²) in [4.78, 5) is 4.88. The van der Waals surface area contributed by atoms with Gasteiger partial charge in [0.15, 0.2) is 5.82 Å². The molecule has 0 bridgehead atoms. The van der Waals surface area contributed by atoms with Gasteiger partial charge in [0.1, 0.15) is 0 Å². The summed E-state index contributed by atoms with van der Waals surface area (Å²) in [5.41, 5.74) is -0.0706. The predicted molar refractivity (Wildman–Crippen MR) is 74.9 cm³/mol. The summed E-state index contributed by atoms with van der Waals surface area (Å²) in [5, 5.41) is 12.4. The van der Waals surface area contributed by atoms with Crippen molar-refractivity contribution in [3.05, 3.63) is 5.82 Å². The second-order valence-corrected chi connectivity index (χ2v) is 6.38. The number of likely N-dealkylation sites (N-methyl/N-ethyl adjacent to an activating group) is 1. The van der Waals surface area contributed by atoms with Crippen molar-refractivity contribution in [2.75, 3.05) is 33.2 Å². The summed E-state index contributed by atoms with van der Waals surface area (Å²) in [7, 11) is 2.18. The van der Waals surface area contributed by atoms with E-state index in [0.717, 1.165) is 38.4 Å². The van der Waals surface area contributed by atoms with Gasteiger partial charge in [-0.2, -0.15) is 0 Å². The van der Waals surface area contributed by atoms with E-state index < -0.39 is 0 Å². The highest BCUT2D eigenvalue weighted by Crippen LogP contribution is 2.26. The number of hydrogen-bond acceptors (Lipinski definition) is 5. The van der Waals surface area contributed by atoms with Crippen molar-refractivity contribution in [1.29, 1.82) is 0 Å². The van der Waals surface area contributed by atoms with E-state index in [1.165, 1.54) is 0 Å². The molecule has 1 aromatic rings. The van der Waals surface area contributed by atoms with Crippen LogP contribution in [-0.4, -0.2) is 63.2 Å². The van der Waals surface area contributed by atoms with E-state index in [0.29, 0.717) is 6.04 Å². The molecule has 2 rings (SSSR count). The number of nitrogens with zero attached hydrogens (tertiary/aromatic N) is 6. The molecule has 1 aromatic heterocycles. The molecular formula is C13H26N6. The molecule has 0 unspecified atom stereocenters.